The molecule has 2 N–H and O–H groups in total. The number of amides is 1. The van der Waals surface area contributed by atoms with Gasteiger partial charge in [0.05, 0.1) is 12.2 Å². The molecule has 0 aliphatic carbocycles. The number of aryl methyl sites for hydroxylation is 1. The van der Waals surface area contributed by atoms with Crippen molar-refractivity contribution in [1.29, 1.82) is 0 Å². The van der Waals surface area contributed by atoms with Gasteiger partial charge in [0, 0.05) is 11.4 Å². The van der Waals surface area contributed by atoms with Crippen LogP contribution < -0.4 is 5.32 Å². The Bertz CT molecular complexity index is 811. The summed E-state index contributed by atoms with van der Waals surface area (Å²) in [5, 5.41) is 2.66. The molecule has 0 radical (unpaired) electrons. The molecule has 0 fully saturated rings. The van der Waals surface area contributed by atoms with Crippen LogP contribution in [0.5, 0.6) is 0 Å². The van der Waals surface area contributed by atoms with Crippen molar-refractivity contribution in [2.75, 3.05) is 11.9 Å². The van der Waals surface area contributed by atoms with Crippen molar-refractivity contribution in [3.05, 3.63) is 52.8 Å². The zero-order valence-corrected chi connectivity index (χ0v) is 15.2. The highest BCUT2D eigenvalue weighted by molar-refractivity contribution is 6.00. The molecule has 1 heterocycles. The first-order valence-electron chi connectivity index (χ1n) is 8.28. The van der Waals surface area contributed by atoms with Crippen LogP contribution in [0.25, 0.3) is 0 Å². The SMILES string of the molecule is CCOC(=O)c1c(C)[nH]c(C(=O)O[C@@H](C)C(=O)Nc2ccccc2)c1C. The summed E-state index contributed by atoms with van der Waals surface area (Å²) >= 11 is 0. The van der Waals surface area contributed by atoms with E-state index in [1.54, 1.807) is 45.0 Å². The van der Waals surface area contributed by atoms with Gasteiger partial charge in [-0.05, 0) is 45.4 Å². The van der Waals surface area contributed by atoms with Crippen molar-refractivity contribution in [2.24, 2.45) is 0 Å². The maximum absolute atomic E-state index is 12.4. The molecule has 0 bridgehead atoms. The Morgan fingerprint density at radius 3 is 2.38 bits per heavy atom. The number of carbonyl (C=O) groups is 3. The minimum Gasteiger partial charge on any atom is -0.462 e. The first-order chi connectivity index (χ1) is 12.3. The number of anilines is 1. The molecule has 7 nitrogen and oxygen atoms in total. The second-order valence-electron chi connectivity index (χ2n) is 5.75. The van der Waals surface area contributed by atoms with E-state index in [0.29, 0.717) is 22.5 Å². The van der Waals surface area contributed by atoms with Crippen molar-refractivity contribution < 1.29 is 23.9 Å². The Labute approximate surface area is 151 Å². The molecule has 1 atom stereocenters. The number of hydrogen-bond acceptors (Lipinski definition) is 5. The first kappa shape index (κ1) is 19.2. The fourth-order valence-electron chi connectivity index (χ4n) is 2.50. The van der Waals surface area contributed by atoms with Crippen molar-refractivity contribution in [3.63, 3.8) is 0 Å². The monoisotopic (exact) mass is 358 g/mol. The quantitative estimate of drug-likeness (QED) is 0.774. The first-order valence-corrected chi connectivity index (χ1v) is 8.28. The highest BCUT2D eigenvalue weighted by Crippen LogP contribution is 2.20. The average Bonchev–Trinajstić information content (AvgIpc) is 2.90. The number of nitrogens with one attached hydrogen (secondary N) is 2. The lowest BCUT2D eigenvalue weighted by Crippen LogP contribution is -2.30. The van der Waals surface area contributed by atoms with Crippen LogP contribution in [-0.4, -0.2) is 35.5 Å². The second-order valence-corrected chi connectivity index (χ2v) is 5.75. The number of hydrogen-bond donors (Lipinski definition) is 2. The molecule has 0 aliphatic heterocycles. The third kappa shape index (κ3) is 4.30. The lowest BCUT2D eigenvalue weighted by atomic mass is 10.1. The molecule has 1 aromatic heterocycles. The van der Waals surface area contributed by atoms with Crippen LogP contribution in [-0.2, 0) is 14.3 Å². The number of carbonyl (C=O) groups excluding carboxylic acids is 3. The van der Waals surface area contributed by atoms with Gasteiger partial charge in [-0.15, -0.1) is 0 Å². The van der Waals surface area contributed by atoms with Crippen molar-refractivity contribution >= 4 is 23.5 Å². The van der Waals surface area contributed by atoms with Gasteiger partial charge in [-0.2, -0.15) is 0 Å². The number of H-pyrrole nitrogens is 1. The van der Waals surface area contributed by atoms with Gasteiger partial charge in [-0.1, -0.05) is 18.2 Å². The van der Waals surface area contributed by atoms with E-state index in [4.69, 9.17) is 9.47 Å². The van der Waals surface area contributed by atoms with E-state index >= 15 is 0 Å². The standard InChI is InChI=1S/C19H22N2O5/c1-5-25-18(23)15-11(2)16(20-12(15)3)19(24)26-13(4)17(22)21-14-9-7-6-8-10-14/h6-10,13,20H,5H2,1-4H3,(H,21,22)/t13-/m0/s1. The van der Waals surface area contributed by atoms with E-state index < -0.39 is 23.9 Å². The van der Waals surface area contributed by atoms with Gasteiger partial charge >= 0.3 is 11.9 Å². The predicted octanol–water partition coefficient (Wildman–Crippen LogP) is 2.99. The number of rotatable bonds is 6. The van der Waals surface area contributed by atoms with Gasteiger partial charge in [-0.25, -0.2) is 9.59 Å². The minimum absolute atomic E-state index is 0.130. The summed E-state index contributed by atoms with van der Waals surface area (Å²) in [6, 6.07) is 8.87. The molecule has 138 valence electrons. The Balaban J connectivity index is 2.08. The third-order valence-electron chi connectivity index (χ3n) is 3.82. The van der Waals surface area contributed by atoms with Crippen molar-refractivity contribution in [3.8, 4) is 0 Å². The Hall–Kier alpha value is -3.09. The highest BCUT2D eigenvalue weighted by atomic mass is 16.5. The number of aromatic amines is 1. The van der Waals surface area contributed by atoms with Crippen LogP contribution in [0.1, 0.15) is 46.0 Å². The van der Waals surface area contributed by atoms with E-state index in [0.717, 1.165) is 0 Å². The molecule has 0 aliphatic rings. The van der Waals surface area contributed by atoms with Gasteiger partial charge in [0.25, 0.3) is 5.91 Å². The minimum atomic E-state index is -1.00. The molecule has 2 rings (SSSR count). The maximum atomic E-state index is 12.4. The van der Waals surface area contributed by atoms with Gasteiger partial charge in [0.2, 0.25) is 0 Å². The molecule has 2 aromatic rings. The molecule has 0 saturated heterocycles. The Morgan fingerprint density at radius 1 is 1.12 bits per heavy atom. The fraction of sp³-hybridized carbons (Fsp3) is 0.316. The summed E-state index contributed by atoms with van der Waals surface area (Å²) in [5.41, 5.74) is 1.98. The number of para-hydroxylation sites is 1. The second kappa shape index (κ2) is 8.33. The lowest BCUT2D eigenvalue weighted by Gasteiger charge is -2.13. The van der Waals surface area contributed by atoms with Crippen LogP contribution in [0.3, 0.4) is 0 Å². The molecule has 26 heavy (non-hydrogen) atoms. The summed E-state index contributed by atoms with van der Waals surface area (Å²) < 4.78 is 10.2. The highest BCUT2D eigenvalue weighted by Gasteiger charge is 2.26. The normalized spacial score (nSPS) is 11.5. The van der Waals surface area contributed by atoms with E-state index in [2.05, 4.69) is 10.3 Å². The van der Waals surface area contributed by atoms with Crippen LogP contribution in [0, 0.1) is 13.8 Å². The van der Waals surface area contributed by atoms with Gasteiger partial charge < -0.3 is 19.8 Å². The topological polar surface area (TPSA) is 97.5 Å². The molecular weight excluding hydrogens is 336 g/mol. The van der Waals surface area contributed by atoms with Gasteiger partial charge in [0.1, 0.15) is 5.69 Å². The number of esters is 2. The predicted molar refractivity (Wildman–Crippen MR) is 96.2 cm³/mol. The largest absolute Gasteiger partial charge is 0.462 e. The summed E-state index contributed by atoms with van der Waals surface area (Å²) in [6.45, 7) is 6.72. The van der Waals surface area contributed by atoms with Crippen molar-refractivity contribution in [1.82, 2.24) is 4.98 Å². The average molecular weight is 358 g/mol. The van der Waals surface area contributed by atoms with Crippen LogP contribution in [0.2, 0.25) is 0 Å². The van der Waals surface area contributed by atoms with E-state index in [1.165, 1.54) is 6.92 Å². The zero-order chi connectivity index (χ0) is 19.3. The smallest absolute Gasteiger partial charge is 0.355 e. The Kier molecular flexibility index (Phi) is 6.16. The summed E-state index contributed by atoms with van der Waals surface area (Å²) in [4.78, 5) is 39.4. The third-order valence-corrected chi connectivity index (χ3v) is 3.82. The molecule has 7 heteroatoms. The van der Waals surface area contributed by atoms with Crippen LogP contribution >= 0.6 is 0 Å². The molecular formula is C19H22N2O5. The van der Waals surface area contributed by atoms with Crippen LogP contribution in [0.4, 0.5) is 5.69 Å². The molecule has 1 aromatic carbocycles. The van der Waals surface area contributed by atoms with E-state index in [9.17, 15) is 14.4 Å². The number of ether oxygens (including phenoxy) is 2. The molecule has 0 saturated carbocycles. The van der Waals surface area contributed by atoms with Crippen molar-refractivity contribution in [2.45, 2.75) is 33.8 Å². The molecule has 0 unspecified atom stereocenters. The fourth-order valence-corrected chi connectivity index (χ4v) is 2.50. The number of benzene rings is 1. The molecule has 1 amide bonds. The summed E-state index contributed by atoms with van der Waals surface area (Å²) in [7, 11) is 0. The Morgan fingerprint density at radius 2 is 1.77 bits per heavy atom. The van der Waals surface area contributed by atoms with E-state index in [1.807, 2.05) is 6.07 Å². The van der Waals surface area contributed by atoms with Crippen LogP contribution in [0.15, 0.2) is 30.3 Å². The zero-order valence-electron chi connectivity index (χ0n) is 15.2. The maximum Gasteiger partial charge on any atom is 0.355 e. The number of aromatic nitrogens is 1. The summed E-state index contributed by atoms with van der Waals surface area (Å²) in [6.07, 6.45) is -1.00. The lowest BCUT2D eigenvalue weighted by molar-refractivity contribution is -0.123. The van der Waals surface area contributed by atoms with Gasteiger partial charge in [-0.3, -0.25) is 4.79 Å². The van der Waals surface area contributed by atoms with E-state index in [-0.39, 0.29) is 12.3 Å². The van der Waals surface area contributed by atoms with Gasteiger partial charge in [0.15, 0.2) is 6.10 Å². The molecule has 0 spiro atoms. The summed E-state index contributed by atoms with van der Waals surface area (Å²) in [5.74, 6) is -1.67.